The molecule has 2 N–H and O–H groups in total. The van der Waals surface area contributed by atoms with Crippen molar-refractivity contribution >= 4 is 5.78 Å². The molecule has 0 aliphatic heterocycles. The third kappa shape index (κ3) is 3.25. The summed E-state index contributed by atoms with van der Waals surface area (Å²) in [5.74, 6) is 0.802. The van der Waals surface area contributed by atoms with Gasteiger partial charge < -0.3 is 10.5 Å². The second-order valence-corrected chi connectivity index (χ2v) is 4.48. The number of carbonyl (C=O) groups is 1. The molecule has 3 nitrogen and oxygen atoms in total. The van der Waals surface area contributed by atoms with Crippen molar-refractivity contribution in [3.8, 4) is 5.75 Å². The number of hydrogen-bond donors (Lipinski definition) is 1. The standard InChI is InChI=1S/C17H19NO2/c1-2-20-15-9-7-14(8-10-15)17(19)16-6-4-3-5-13(16)11-12-18/h3-10H,2,11-12,18H2,1H3. The summed E-state index contributed by atoms with van der Waals surface area (Å²) in [7, 11) is 0. The first-order valence-electron chi connectivity index (χ1n) is 6.81. The van der Waals surface area contributed by atoms with Gasteiger partial charge in [-0.25, -0.2) is 0 Å². The van der Waals surface area contributed by atoms with Crippen LogP contribution in [0.4, 0.5) is 0 Å². The average Bonchev–Trinajstić information content (AvgIpc) is 2.49. The Hall–Kier alpha value is -2.13. The largest absolute Gasteiger partial charge is 0.494 e. The van der Waals surface area contributed by atoms with E-state index in [0.29, 0.717) is 25.1 Å². The van der Waals surface area contributed by atoms with Crippen LogP contribution in [0.3, 0.4) is 0 Å². The van der Waals surface area contributed by atoms with Crippen molar-refractivity contribution in [1.29, 1.82) is 0 Å². The molecule has 0 aliphatic carbocycles. The molecule has 0 amide bonds. The van der Waals surface area contributed by atoms with E-state index in [1.807, 2.05) is 43.3 Å². The molecule has 0 saturated heterocycles. The molecule has 0 fully saturated rings. The van der Waals surface area contributed by atoms with Crippen molar-refractivity contribution < 1.29 is 9.53 Å². The molecule has 2 aromatic rings. The van der Waals surface area contributed by atoms with Gasteiger partial charge in [-0.15, -0.1) is 0 Å². The van der Waals surface area contributed by atoms with E-state index in [2.05, 4.69) is 0 Å². The zero-order chi connectivity index (χ0) is 14.4. The first kappa shape index (κ1) is 14.3. The fourth-order valence-electron chi connectivity index (χ4n) is 2.14. The van der Waals surface area contributed by atoms with E-state index in [-0.39, 0.29) is 5.78 Å². The minimum atomic E-state index is 0.0251. The smallest absolute Gasteiger partial charge is 0.193 e. The summed E-state index contributed by atoms with van der Waals surface area (Å²) in [6.45, 7) is 3.09. The van der Waals surface area contributed by atoms with Gasteiger partial charge in [0, 0.05) is 11.1 Å². The Morgan fingerprint density at radius 1 is 1.10 bits per heavy atom. The van der Waals surface area contributed by atoms with Crippen LogP contribution in [0.5, 0.6) is 5.75 Å². The molecular weight excluding hydrogens is 250 g/mol. The van der Waals surface area contributed by atoms with E-state index >= 15 is 0 Å². The first-order valence-corrected chi connectivity index (χ1v) is 6.81. The van der Waals surface area contributed by atoms with Crippen LogP contribution in [0.1, 0.15) is 28.4 Å². The number of ether oxygens (including phenoxy) is 1. The highest BCUT2D eigenvalue weighted by molar-refractivity contribution is 6.09. The SMILES string of the molecule is CCOc1ccc(C(=O)c2ccccc2CCN)cc1. The van der Waals surface area contributed by atoms with Crippen LogP contribution >= 0.6 is 0 Å². The van der Waals surface area contributed by atoms with Crippen molar-refractivity contribution in [1.82, 2.24) is 0 Å². The second-order valence-electron chi connectivity index (χ2n) is 4.48. The van der Waals surface area contributed by atoms with Crippen LogP contribution in [-0.2, 0) is 6.42 Å². The lowest BCUT2D eigenvalue weighted by Crippen LogP contribution is -2.09. The van der Waals surface area contributed by atoms with E-state index < -0.39 is 0 Å². The number of nitrogens with two attached hydrogens (primary N) is 1. The Kier molecular flexibility index (Phi) is 4.91. The third-order valence-corrected chi connectivity index (χ3v) is 3.10. The lowest BCUT2D eigenvalue weighted by atomic mass is 9.96. The van der Waals surface area contributed by atoms with Gasteiger partial charge in [-0.1, -0.05) is 24.3 Å². The highest BCUT2D eigenvalue weighted by atomic mass is 16.5. The average molecular weight is 269 g/mol. The molecule has 0 heterocycles. The van der Waals surface area contributed by atoms with Crippen LogP contribution in [0, 0.1) is 0 Å². The van der Waals surface area contributed by atoms with Gasteiger partial charge >= 0.3 is 0 Å². The topological polar surface area (TPSA) is 52.3 Å². The molecule has 20 heavy (non-hydrogen) atoms. The molecule has 0 unspecified atom stereocenters. The minimum Gasteiger partial charge on any atom is -0.494 e. The number of rotatable bonds is 6. The lowest BCUT2D eigenvalue weighted by Gasteiger charge is -2.08. The van der Waals surface area contributed by atoms with E-state index in [1.54, 1.807) is 12.1 Å². The van der Waals surface area contributed by atoms with E-state index in [0.717, 1.165) is 16.9 Å². The predicted molar refractivity (Wildman–Crippen MR) is 80.2 cm³/mol. The number of benzene rings is 2. The van der Waals surface area contributed by atoms with E-state index in [9.17, 15) is 4.79 Å². The summed E-state index contributed by atoms with van der Waals surface area (Å²) >= 11 is 0. The van der Waals surface area contributed by atoms with Crippen LogP contribution in [0.2, 0.25) is 0 Å². The predicted octanol–water partition coefficient (Wildman–Crippen LogP) is 2.82. The molecule has 0 bridgehead atoms. The Morgan fingerprint density at radius 2 is 1.80 bits per heavy atom. The molecule has 0 aliphatic rings. The van der Waals surface area contributed by atoms with Crippen LogP contribution in [0.15, 0.2) is 48.5 Å². The van der Waals surface area contributed by atoms with Crippen molar-refractivity contribution in [2.24, 2.45) is 5.73 Å². The van der Waals surface area contributed by atoms with Gasteiger partial charge in [-0.2, -0.15) is 0 Å². The minimum absolute atomic E-state index is 0.0251. The molecule has 3 heteroatoms. The maximum absolute atomic E-state index is 12.5. The molecule has 2 aromatic carbocycles. The quantitative estimate of drug-likeness (QED) is 0.820. The molecule has 0 saturated carbocycles. The summed E-state index contributed by atoms with van der Waals surface area (Å²) < 4.78 is 5.38. The molecular formula is C17H19NO2. The Morgan fingerprint density at radius 3 is 2.45 bits per heavy atom. The monoisotopic (exact) mass is 269 g/mol. The normalized spacial score (nSPS) is 10.3. The summed E-state index contributed by atoms with van der Waals surface area (Å²) in [4.78, 5) is 12.5. The second kappa shape index (κ2) is 6.87. The first-order chi connectivity index (χ1) is 9.76. The fraction of sp³-hybridized carbons (Fsp3) is 0.235. The maximum Gasteiger partial charge on any atom is 0.193 e. The summed E-state index contributed by atoms with van der Waals surface area (Å²) in [5, 5.41) is 0. The molecule has 0 aromatic heterocycles. The van der Waals surface area contributed by atoms with Crippen molar-refractivity contribution in [2.75, 3.05) is 13.2 Å². The van der Waals surface area contributed by atoms with Crippen LogP contribution in [-0.4, -0.2) is 18.9 Å². The van der Waals surface area contributed by atoms with E-state index in [4.69, 9.17) is 10.5 Å². The summed E-state index contributed by atoms with van der Waals surface area (Å²) in [5.41, 5.74) is 7.98. The fourth-order valence-corrected chi connectivity index (χ4v) is 2.14. The van der Waals surface area contributed by atoms with Crippen LogP contribution < -0.4 is 10.5 Å². The molecule has 0 atom stereocenters. The van der Waals surface area contributed by atoms with Gasteiger partial charge in [-0.3, -0.25) is 4.79 Å². The highest BCUT2D eigenvalue weighted by Gasteiger charge is 2.12. The van der Waals surface area contributed by atoms with Crippen molar-refractivity contribution in [3.05, 3.63) is 65.2 Å². The number of ketones is 1. The molecule has 2 rings (SSSR count). The van der Waals surface area contributed by atoms with Gasteiger partial charge in [0.15, 0.2) is 5.78 Å². The van der Waals surface area contributed by atoms with Crippen molar-refractivity contribution in [3.63, 3.8) is 0 Å². The van der Waals surface area contributed by atoms with Crippen molar-refractivity contribution in [2.45, 2.75) is 13.3 Å². The van der Waals surface area contributed by atoms with E-state index in [1.165, 1.54) is 0 Å². The van der Waals surface area contributed by atoms with Gasteiger partial charge in [-0.05, 0) is 49.7 Å². The lowest BCUT2D eigenvalue weighted by molar-refractivity contribution is 0.103. The Labute approximate surface area is 119 Å². The van der Waals surface area contributed by atoms with Gasteiger partial charge in [0.2, 0.25) is 0 Å². The zero-order valence-electron chi connectivity index (χ0n) is 11.6. The third-order valence-electron chi connectivity index (χ3n) is 3.10. The maximum atomic E-state index is 12.5. The molecule has 104 valence electrons. The Bertz CT molecular complexity index is 576. The Balaban J connectivity index is 2.26. The number of carbonyl (C=O) groups excluding carboxylic acids is 1. The molecule has 0 spiro atoms. The van der Waals surface area contributed by atoms with Gasteiger partial charge in [0.1, 0.15) is 5.75 Å². The van der Waals surface area contributed by atoms with Gasteiger partial charge in [0.25, 0.3) is 0 Å². The number of hydrogen-bond acceptors (Lipinski definition) is 3. The molecule has 0 radical (unpaired) electrons. The summed E-state index contributed by atoms with van der Waals surface area (Å²) in [6.07, 6.45) is 0.707. The van der Waals surface area contributed by atoms with Gasteiger partial charge in [0.05, 0.1) is 6.61 Å². The summed E-state index contributed by atoms with van der Waals surface area (Å²) in [6, 6.07) is 14.9. The zero-order valence-corrected chi connectivity index (χ0v) is 11.6. The highest BCUT2D eigenvalue weighted by Crippen LogP contribution is 2.18. The van der Waals surface area contributed by atoms with Crippen LogP contribution in [0.25, 0.3) is 0 Å².